The minimum Gasteiger partial charge on any atom is -0.386 e. The SMILES string of the molecule is O=S(=O)(Oc1ccc(F)cc1COB1OCCCCO1)C(F)(F)F. The van der Waals surface area contributed by atoms with E-state index in [0.29, 0.717) is 13.2 Å². The fourth-order valence-corrected chi connectivity index (χ4v) is 2.27. The Labute approximate surface area is 135 Å². The predicted molar refractivity (Wildman–Crippen MR) is 73.7 cm³/mol. The van der Waals surface area contributed by atoms with Gasteiger partial charge in [-0.2, -0.15) is 21.6 Å². The zero-order valence-electron chi connectivity index (χ0n) is 12.2. The summed E-state index contributed by atoms with van der Waals surface area (Å²) >= 11 is 0. The highest BCUT2D eigenvalue weighted by Gasteiger charge is 2.48. The van der Waals surface area contributed by atoms with Crippen molar-refractivity contribution in [1.29, 1.82) is 0 Å². The summed E-state index contributed by atoms with van der Waals surface area (Å²) in [5, 5.41) is 0. The van der Waals surface area contributed by atoms with Crippen LogP contribution in [0.25, 0.3) is 0 Å². The van der Waals surface area contributed by atoms with Gasteiger partial charge in [0, 0.05) is 18.8 Å². The summed E-state index contributed by atoms with van der Waals surface area (Å²) in [5.74, 6) is -1.49. The fourth-order valence-electron chi connectivity index (χ4n) is 1.77. The third-order valence-corrected chi connectivity index (χ3v) is 3.89. The molecule has 2 rings (SSSR count). The van der Waals surface area contributed by atoms with Crippen molar-refractivity contribution in [3.63, 3.8) is 0 Å². The van der Waals surface area contributed by atoms with Crippen LogP contribution in [0.5, 0.6) is 5.75 Å². The maximum absolute atomic E-state index is 13.3. The van der Waals surface area contributed by atoms with E-state index in [-0.39, 0.29) is 5.56 Å². The van der Waals surface area contributed by atoms with E-state index in [4.69, 9.17) is 14.0 Å². The Morgan fingerprint density at radius 3 is 2.38 bits per heavy atom. The number of benzene rings is 1. The lowest BCUT2D eigenvalue weighted by Crippen LogP contribution is -2.29. The minimum absolute atomic E-state index is 0.237. The van der Waals surface area contributed by atoms with E-state index in [1.54, 1.807) is 0 Å². The van der Waals surface area contributed by atoms with Crippen LogP contribution in [-0.2, 0) is 30.7 Å². The molecule has 0 unspecified atom stereocenters. The Morgan fingerprint density at radius 2 is 1.79 bits per heavy atom. The molecule has 0 amide bonds. The van der Waals surface area contributed by atoms with Gasteiger partial charge in [-0.1, -0.05) is 0 Å². The molecule has 1 aliphatic rings. The molecule has 0 spiro atoms. The topological polar surface area (TPSA) is 71.1 Å². The van der Waals surface area contributed by atoms with Crippen LogP contribution in [0.3, 0.4) is 0 Å². The Hall–Kier alpha value is -1.37. The fraction of sp³-hybridized carbons (Fsp3) is 0.500. The Morgan fingerprint density at radius 1 is 1.17 bits per heavy atom. The molecule has 0 aliphatic carbocycles. The second kappa shape index (κ2) is 7.68. The first-order valence-corrected chi connectivity index (χ1v) is 8.24. The predicted octanol–water partition coefficient (Wildman–Crippen LogP) is 2.38. The van der Waals surface area contributed by atoms with Gasteiger partial charge in [-0.25, -0.2) is 4.39 Å². The average Bonchev–Trinajstić information content (AvgIpc) is 2.75. The Kier molecular flexibility index (Phi) is 6.07. The van der Waals surface area contributed by atoms with Crippen LogP contribution in [0.15, 0.2) is 18.2 Å². The van der Waals surface area contributed by atoms with E-state index < -0.39 is 41.1 Å². The molecule has 0 saturated carbocycles. The molecule has 1 saturated heterocycles. The van der Waals surface area contributed by atoms with Crippen molar-refractivity contribution in [2.24, 2.45) is 0 Å². The van der Waals surface area contributed by atoms with Crippen molar-refractivity contribution < 1.29 is 44.1 Å². The summed E-state index contributed by atoms with van der Waals surface area (Å²) in [4.78, 5) is 0. The van der Waals surface area contributed by atoms with Gasteiger partial charge in [0.15, 0.2) is 0 Å². The lowest BCUT2D eigenvalue weighted by atomic mass is 10.2. The lowest BCUT2D eigenvalue weighted by molar-refractivity contribution is -0.0500. The summed E-state index contributed by atoms with van der Waals surface area (Å²) in [6.07, 6.45) is 1.50. The quantitative estimate of drug-likeness (QED) is 0.342. The minimum atomic E-state index is -5.88. The normalized spacial score (nSPS) is 16.8. The number of hydrogen-bond acceptors (Lipinski definition) is 6. The van der Waals surface area contributed by atoms with Crippen LogP contribution in [0.2, 0.25) is 0 Å². The summed E-state index contributed by atoms with van der Waals surface area (Å²) < 4.78 is 92.2. The maximum Gasteiger partial charge on any atom is 0.639 e. The number of hydrogen-bond donors (Lipinski definition) is 0. The van der Waals surface area contributed by atoms with Crippen LogP contribution in [-0.4, -0.2) is 34.5 Å². The third kappa shape index (κ3) is 5.06. The molecule has 0 radical (unpaired) electrons. The van der Waals surface area contributed by atoms with Crippen LogP contribution in [0.1, 0.15) is 18.4 Å². The summed E-state index contributed by atoms with van der Waals surface area (Å²) in [6, 6.07) is 2.34. The molecule has 6 nitrogen and oxygen atoms in total. The second-order valence-electron chi connectivity index (χ2n) is 4.78. The van der Waals surface area contributed by atoms with Crippen molar-refractivity contribution in [1.82, 2.24) is 0 Å². The summed E-state index contributed by atoms with van der Waals surface area (Å²) in [5.41, 5.74) is -5.84. The Bertz CT molecular complexity index is 658. The van der Waals surface area contributed by atoms with Crippen LogP contribution in [0, 0.1) is 5.82 Å². The van der Waals surface area contributed by atoms with Gasteiger partial charge in [0.25, 0.3) is 0 Å². The molecule has 12 heteroatoms. The van der Waals surface area contributed by atoms with Gasteiger partial charge in [-0.15, -0.1) is 0 Å². The first kappa shape index (κ1) is 19.0. The average molecular weight is 372 g/mol. The van der Waals surface area contributed by atoms with Gasteiger partial charge < -0.3 is 18.1 Å². The molecule has 24 heavy (non-hydrogen) atoms. The van der Waals surface area contributed by atoms with Crippen molar-refractivity contribution in [3.8, 4) is 5.75 Å². The highest BCUT2D eigenvalue weighted by atomic mass is 32.2. The van der Waals surface area contributed by atoms with Gasteiger partial charge in [-0.3, -0.25) is 0 Å². The standard InChI is InChI=1S/C12H13BF4O6S/c14-10-3-4-11(23-24(18,19)12(15,16)17)9(7-10)8-22-13-20-5-1-2-6-21-13/h3-4,7H,1-2,5-6,8H2. The molecule has 1 aromatic carbocycles. The van der Waals surface area contributed by atoms with E-state index in [2.05, 4.69) is 4.18 Å². The van der Waals surface area contributed by atoms with Gasteiger partial charge >= 0.3 is 22.9 Å². The van der Waals surface area contributed by atoms with Gasteiger partial charge in [0.05, 0.1) is 6.61 Å². The monoisotopic (exact) mass is 372 g/mol. The molecule has 1 heterocycles. The molecule has 1 aliphatic heterocycles. The van der Waals surface area contributed by atoms with E-state index in [1.807, 2.05) is 0 Å². The van der Waals surface area contributed by atoms with E-state index in [0.717, 1.165) is 31.0 Å². The molecule has 0 N–H and O–H groups in total. The summed E-state index contributed by atoms with van der Waals surface area (Å²) in [6.45, 7) is 0.254. The summed E-state index contributed by atoms with van der Waals surface area (Å²) in [7, 11) is -6.96. The highest BCUT2D eigenvalue weighted by molar-refractivity contribution is 7.88. The van der Waals surface area contributed by atoms with Gasteiger partial charge in [0.2, 0.25) is 0 Å². The van der Waals surface area contributed by atoms with Gasteiger partial charge in [-0.05, 0) is 31.0 Å². The van der Waals surface area contributed by atoms with Crippen LogP contribution >= 0.6 is 0 Å². The second-order valence-corrected chi connectivity index (χ2v) is 6.32. The lowest BCUT2D eigenvalue weighted by Gasteiger charge is -2.15. The largest absolute Gasteiger partial charge is 0.639 e. The van der Waals surface area contributed by atoms with Crippen LogP contribution < -0.4 is 4.18 Å². The van der Waals surface area contributed by atoms with Crippen molar-refractivity contribution in [3.05, 3.63) is 29.6 Å². The molecule has 0 aromatic heterocycles. The number of rotatable bonds is 5. The van der Waals surface area contributed by atoms with Crippen molar-refractivity contribution >= 4 is 17.4 Å². The third-order valence-electron chi connectivity index (χ3n) is 2.93. The van der Waals surface area contributed by atoms with E-state index >= 15 is 0 Å². The molecule has 0 bridgehead atoms. The van der Waals surface area contributed by atoms with E-state index in [1.165, 1.54) is 0 Å². The first-order valence-electron chi connectivity index (χ1n) is 6.83. The molecular formula is C12H13BF4O6S. The van der Waals surface area contributed by atoms with Gasteiger partial charge in [0.1, 0.15) is 11.6 Å². The van der Waals surface area contributed by atoms with Crippen molar-refractivity contribution in [2.45, 2.75) is 25.0 Å². The first-order chi connectivity index (χ1) is 11.2. The smallest absolute Gasteiger partial charge is 0.386 e. The highest BCUT2D eigenvalue weighted by Crippen LogP contribution is 2.29. The van der Waals surface area contributed by atoms with Crippen molar-refractivity contribution in [2.75, 3.05) is 13.2 Å². The molecule has 134 valence electrons. The number of halogens is 4. The van der Waals surface area contributed by atoms with Crippen LogP contribution in [0.4, 0.5) is 17.6 Å². The number of alkyl halides is 3. The molecule has 0 atom stereocenters. The maximum atomic E-state index is 13.3. The molecule has 1 aromatic rings. The molecular weight excluding hydrogens is 359 g/mol. The molecule has 1 fully saturated rings. The zero-order chi connectivity index (χ0) is 17.8. The zero-order valence-corrected chi connectivity index (χ0v) is 13.0. The van der Waals surface area contributed by atoms with E-state index in [9.17, 15) is 26.0 Å². The Balaban J connectivity index is 2.12.